The second-order valence-electron chi connectivity index (χ2n) is 5.05. The third-order valence-corrected chi connectivity index (χ3v) is 3.58. The van der Waals surface area contributed by atoms with Gasteiger partial charge < -0.3 is 14.0 Å². The number of benzene rings is 1. The van der Waals surface area contributed by atoms with Crippen LogP contribution in [-0.2, 0) is 16.6 Å². The molecule has 1 unspecified atom stereocenters. The quantitative estimate of drug-likeness (QED) is 0.776. The number of carbonyl (C=O) groups excluding carboxylic acids is 2. The highest BCUT2D eigenvalue weighted by atomic mass is 19.1. The van der Waals surface area contributed by atoms with Gasteiger partial charge in [0.15, 0.2) is 0 Å². The summed E-state index contributed by atoms with van der Waals surface area (Å²) < 4.78 is 25.1. The first-order chi connectivity index (χ1) is 11.0. The van der Waals surface area contributed by atoms with Crippen molar-refractivity contribution in [2.75, 3.05) is 18.6 Å². The molecule has 0 spiro atoms. The van der Waals surface area contributed by atoms with Crippen molar-refractivity contribution in [3.8, 4) is 5.75 Å². The van der Waals surface area contributed by atoms with Crippen LogP contribution in [0.25, 0.3) is 0 Å². The van der Waals surface area contributed by atoms with Gasteiger partial charge in [0.25, 0.3) is 5.91 Å². The average molecular weight is 319 g/mol. The number of carbonyl (C=O) groups is 2. The van der Waals surface area contributed by atoms with Crippen LogP contribution in [0.4, 0.5) is 10.1 Å². The highest BCUT2D eigenvalue weighted by molar-refractivity contribution is 6.06. The number of hydrogen-bond acceptors (Lipinski definition) is 5. The topological polar surface area (TPSA) is 73.7 Å². The van der Waals surface area contributed by atoms with E-state index in [-0.39, 0.29) is 18.2 Å². The smallest absolute Gasteiger partial charge is 0.348 e. The number of esters is 1. The van der Waals surface area contributed by atoms with Crippen molar-refractivity contribution >= 4 is 17.6 Å². The van der Waals surface area contributed by atoms with Crippen LogP contribution in [0.3, 0.4) is 0 Å². The van der Waals surface area contributed by atoms with Crippen LogP contribution < -0.4 is 9.64 Å². The zero-order valence-electron chi connectivity index (χ0n) is 12.5. The number of hydrogen-bond donors (Lipinski definition) is 0. The number of nitrogens with zero attached hydrogens (tertiary/aromatic N) is 3. The number of halogens is 1. The van der Waals surface area contributed by atoms with Crippen LogP contribution in [-0.4, -0.2) is 41.2 Å². The van der Waals surface area contributed by atoms with Crippen molar-refractivity contribution in [1.82, 2.24) is 9.55 Å². The van der Waals surface area contributed by atoms with E-state index in [1.807, 2.05) is 0 Å². The third kappa shape index (κ3) is 2.63. The predicted molar refractivity (Wildman–Crippen MR) is 77.7 cm³/mol. The van der Waals surface area contributed by atoms with Gasteiger partial charge in [0.05, 0.1) is 31.9 Å². The van der Waals surface area contributed by atoms with Gasteiger partial charge in [-0.05, 0) is 12.1 Å². The third-order valence-electron chi connectivity index (χ3n) is 3.58. The van der Waals surface area contributed by atoms with Crippen molar-refractivity contribution in [3.05, 3.63) is 42.2 Å². The molecule has 0 aliphatic carbocycles. The van der Waals surface area contributed by atoms with Crippen molar-refractivity contribution in [2.45, 2.75) is 6.10 Å². The monoisotopic (exact) mass is 319 g/mol. The number of amides is 1. The van der Waals surface area contributed by atoms with E-state index in [2.05, 4.69) is 9.72 Å². The highest BCUT2D eigenvalue weighted by Crippen LogP contribution is 2.35. The summed E-state index contributed by atoms with van der Waals surface area (Å²) in [6.07, 6.45) is 1.90. The Morgan fingerprint density at radius 1 is 1.43 bits per heavy atom. The van der Waals surface area contributed by atoms with Crippen molar-refractivity contribution < 1.29 is 23.5 Å². The Balaban J connectivity index is 2.03. The fraction of sp³-hybridized carbons (Fsp3) is 0.267. The summed E-state index contributed by atoms with van der Waals surface area (Å²) in [5.74, 6) is -1.41. The molecule has 0 saturated heterocycles. The first kappa shape index (κ1) is 15.0. The Hall–Kier alpha value is -2.90. The Kier molecular flexibility index (Phi) is 3.73. The maximum atomic E-state index is 13.5. The fourth-order valence-electron chi connectivity index (χ4n) is 2.41. The zero-order chi connectivity index (χ0) is 16.6. The van der Waals surface area contributed by atoms with Gasteiger partial charge in [-0.3, -0.25) is 9.69 Å². The summed E-state index contributed by atoms with van der Waals surface area (Å²) >= 11 is 0. The SMILES string of the molecule is COC(=O)C1CN(C(=O)c2cncn2C)c2ccc(F)cc2O1. The molecule has 7 nitrogen and oxygen atoms in total. The van der Waals surface area contributed by atoms with Gasteiger partial charge in [-0.2, -0.15) is 0 Å². The summed E-state index contributed by atoms with van der Waals surface area (Å²) in [5, 5.41) is 0. The molecule has 8 heteroatoms. The average Bonchev–Trinajstić information content (AvgIpc) is 2.98. The van der Waals surface area contributed by atoms with Crippen molar-refractivity contribution in [3.63, 3.8) is 0 Å². The van der Waals surface area contributed by atoms with Gasteiger partial charge in [-0.15, -0.1) is 0 Å². The molecule has 1 aliphatic heterocycles. The van der Waals surface area contributed by atoms with E-state index >= 15 is 0 Å². The van der Waals surface area contributed by atoms with Crippen LogP contribution in [0.1, 0.15) is 10.5 Å². The van der Waals surface area contributed by atoms with E-state index < -0.39 is 17.9 Å². The lowest BCUT2D eigenvalue weighted by Gasteiger charge is -2.33. The van der Waals surface area contributed by atoms with E-state index in [1.54, 1.807) is 11.6 Å². The predicted octanol–water partition coefficient (Wildman–Crippen LogP) is 1.14. The molecule has 23 heavy (non-hydrogen) atoms. The first-order valence-corrected chi connectivity index (χ1v) is 6.83. The van der Waals surface area contributed by atoms with Crippen molar-refractivity contribution in [2.24, 2.45) is 7.05 Å². The molecule has 1 amide bonds. The van der Waals surface area contributed by atoms with Crippen LogP contribution >= 0.6 is 0 Å². The second-order valence-corrected chi connectivity index (χ2v) is 5.05. The molecule has 3 rings (SSSR count). The molecule has 1 aliphatic rings. The maximum Gasteiger partial charge on any atom is 0.348 e. The van der Waals surface area contributed by atoms with E-state index in [4.69, 9.17) is 4.74 Å². The molecule has 1 aromatic carbocycles. The second kappa shape index (κ2) is 5.71. The van der Waals surface area contributed by atoms with Gasteiger partial charge in [0, 0.05) is 13.1 Å². The maximum absolute atomic E-state index is 13.5. The van der Waals surface area contributed by atoms with Gasteiger partial charge in [0.2, 0.25) is 6.10 Å². The summed E-state index contributed by atoms with van der Waals surface area (Å²) in [5.41, 5.74) is 0.726. The summed E-state index contributed by atoms with van der Waals surface area (Å²) in [6, 6.07) is 3.80. The molecule has 0 bridgehead atoms. The molecule has 0 radical (unpaired) electrons. The summed E-state index contributed by atoms with van der Waals surface area (Å²) in [4.78, 5) is 29.8. The van der Waals surface area contributed by atoms with E-state index in [9.17, 15) is 14.0 Å². The molecule has 2 aromatic rings. The van der Waals surface area contributed by atoms with Crippen molar-refractivity contribution in [1.29, 1.82) is 0 Å². The van der Waals surface area contributed by atoms with E-state index in [0.29, 0.717) is 11.4 Å². The molecular weight excluding hydrogens is 305 g/mol. The zero-order valence-corrected chi connectivity index (χ0v) is 12.5. The Bertz CT molecular complexity index is 774. The van der Waals surface area contributed by atoms with Crippen LogP contribution in [0.5, 0.6) is 5.75 Å². The standard InChI is InChI=1S/C15H14FN3O4/c1-18-8-17-6-11(18)14(20)19-7-13(15(21)22-2)23-12-5-9(16)3-4-10(12)19/h3-6,8,13H,7H2,1-2H3. The number of anilines is 1. The van der Waals surface area contributed by atoms with Gasteiger partial charge in [-0.1, -0.05) is 0 Å². The molecule has 1 atom stereocenters. The number of methoxy groups -OCH3 is 1. The Morgan fingerprint density at radius 3 is 2.87 bits per heavy atom. The minimum absolute atomic E-state index is 0.0324. The Labute approximate surface area is 131 Å². The normalized spacial score (nSPS) is 16.5. The van der Waals surface area contributed by atoms with Gasteiger partial charge in [0.1, 0.15) is 17.3 Å². The van der Waals surface area contributed by atoms with E-state index in [1.165, 1.54) is 36.7 Å². The number of aryl methyl sites for hydroxylation is 1. The van der Waals surface area contributed by atoms with Crippen LogP contribution in [0, 0.1) is 5.82 Å². The molecule has 2 heterocycles. The summed E-state index contributed by atoms with van der Waals surface area (Å²) in [6.45, 7) is -0.0324. The minimum Gasteiger partial charge on any atom is -0.475 e. The molecule has 0 saturated carbocycles. The van der Waals surface area contributed by atoms with Crippen LogP contribution in [0.2, 0.25) is 0 Å². The lowest BCUT2D eigenvalue weighted by atomic mass is 10.1. The van der Waals surface area contributed by atoms with Crippen LogP contribution in [0.15, 0.2) is 30.7 Å². The number of rotatable bonds is 2. The molecule has 0 N–H and O–H groups in total. The molecular formula is C15H14FN3O4. The molecule has 120 valence electrons. The highest BCUT2D eigenvalue weighted by Gasteiger charge is 2.35. The lowest BCUT2D eigenvalue weighted by Crippen LogP contribution is -2.47. The number of ether oxygens (including phenoxy) is 2. The molecule has 1 aromatic heterocycles. The summed E-state index contributed by atoms with van der Waals surface area (Å²) in [7, 11) is 2.91. The fourth-order valence-corrected chi connectivity index (χ4v) is 2.41. The molecule has 0 fully saturated rings. The Morgan fingerprint density at radius 2 is 2.22 bits per heavy atom. The lowest BCUT2D eigenvalue weighted by molar-refractivity contribution is -0.148. The first-order valence-electron chi connectivity index (χ1n) is 6.83. The minimum atomic E-state index is -1.02. The number of fused-ring (bicyclic) bond motifs is 1. The van der Waals surface area contributed by atoms with Gasteiger partial charge in [-0.25, -0.2) is 14.2 Å². The number of aromatic nitrogens is 2. The van der Waals surface area contributed by atoms with E-state index in [0.717, 1.165) is 6.07 Å². The largest absolute Gasteiger partial charge is 0.475 e. The number of imidazole rings is 1. The van der Waals surface area contributed by atoms with Gasteiger partial charge >= 0.3 is 5.97 Å².